The molecule has 3 heterocycles. The summed E-state index contributed by atoms with van der Waals surface area (Å²) in [5, 5.41) is 0.585. The van der Waals surface area contributed by atoms with Gasteiger partial charge in [-0.2, -0.15) is 0 Å². The smallest absolute Gasteiger partial charge is 0.225 e. The third kappa shape index (κ3) is 3.38. The van der Waals surface area contributed by atoms with Crippen LogP contribution in [-0.2, 0) is 11.1 Å². The number of fused-ring (bicyclic) bond motifs is 3. The molecule has 1 aliphatic heterocycles. The molecule has 0 bridgehead atoms. The molecule has 5 rings (SSSR count). The van der Waals surface area contributed by atoms with Gasteiger partial charge in [-0.1, -0.05) is 0 Å². The molecule has 28 heavy (non-hydrogen) atoms. The lowest BCUT2D eigenvalue weighted by Gasteiger charge is -2.38. The molecule has 1 saturated heterocycles. The highest BCUT2D eigenvalue weighted by atomic mass is 32.1. The molecule has 0 spiro atoms. The van der Waals surface area contributed by atoms with Crippen molar-refractivity contribution in [3.8, 4) is 5.88 Å². The fourth-order valence-electron chi connectivity index (χ4n) is 4.52. The zero-order valence-corrected chi connectivity index (χ0v) is 16.5. The van der Waals surface area contributed by atoms with Crippen LogP contribution in [0.5, 0.6) is 5.88 Å². The Balaban J connectivity index is 1.41. The van der Waals surface area contributed by atoms with Crippen LogP contribution < -0.4 is 4.74 Å². The van der Waals surface area contributed by atoms with Crippen molar-refractivity contribution in [1.82, 2.24) is 14.9 Å². The Morgan fingerprint density at radius 2 is 2.11 bits per heavy atom. The standard InChI is InChI=1S/C21H26N4O2S/c1-22-12-14-2-7-17-18(14)19-20(23-13-24-21(19)28-17)27-16-5-3-15(4-6-16)25-8-10-26-11-9-25/h13-16H,2-12H2/t14-,15?,16?/m1/s1/i2D2,7D2. The third-order valence-electron chi connectivity index (χ3n) is 5.96. The molecule has 7 heteroatoms. The van der Waals surface area contributed by atoms with Gasteiger partial charge in [-0.25, -0.2) is 16.5 Å². The molecule has 1 atom stereocenters. The van der Waals surface area contributed by atoms with Gasteiger partial charge in [-0.15, -0.1) is 11.3 Å². The molecule has 0 aromatic carbocycles. The van der Waals surface area contributed by atoms with Crippen molar-refractivity contribution >= 4 is 21.6 Å². The summed E-state index contributed by atoms with van der Waals surface area (Å²) in [4.78, 5) is 15.5. The van der Waals surface area contributed by atoms with Crippen LogP contribution in [-0.4, -0.2) is 59.9 Å². The van der Waals surface area contributed by atoms with E-state index in [1.807, 2.05) is 0 Å². The largest absolute Gasteiger partial charge is 0.474 e. The number of aryl methyl sites for hydroxylation is 1. The van der Waals surface area contributed by atoms with E-state index in [0.717, 1.165) is 63.3 Å². The summed E-state index contributed by atoms with van der Waals surface area (Å²) in [6.07, 6.45) is 0.997. The second-order valence-electron chi connectivity index (χ2n) is 7.56. The highest BCUT2D eigenvalue weighted by molar-refractivity contribution is 7.19. The van der Waals surface area contributed by atoms with Gasteiger partial charge < -0.3 is 14.3 Å². The van der Waals surface area contributed by atoms with E-state index in [1.165, 1.54) is 6.33 Å². The van der Waals surface area contributed by atoms with Crippen molar-refractivity contribution in [1.29, 1.82) is 0 Å². The molecule has 148 valence electrons. The first-order valence-electron chi connectivity index (χ1n) is 11.9. The number of rotatable bonds is 4. The van der Waals surface area contributed by atoms with E-state index in [0.29, 0.717) is 32.6 Å². The predicted octanol–water partition coefficient (Wildman–Crippen LogP) is 3.66. The molecular formula is C21H26N4O2S. The molecule has 0 amide bonds. The Hall–Kier alpha value is -1.75. The van der Waals surface area contributed by atoms with E-state index in [1.54, 1.807) is 0 Å². The van der Waals surface area contributed by atoms with E-state index in [2.05, 4.69) is 19.7 Å². The lowest BCUT2D eigenvalue weighted by Crippen LogP contribution is -2.46. The SMILES string of the molecule is [2H]C1([2H])c2sc3ncnc(OC4CCC(N5CCOCC5)CC4)c3c2[C@@H](C[N+]#[C-])C1([2H])[2H]. The predicted molar refractivity (Wildman–Crippen MR) is 109 cm³/mol. The van der Waals surface area contributed by atoms with Gasteiger partial charge in [-0.3, -0.25) is 4.90 Å². The maximum Gasteiger partial charge on any atom is 0.225 e. The van der Waals surface area contributed by atoms with Crippen molar-refractivity contribution in [2.75, 3.05) is 32.8 Å². The monoisotopic (exact) mass is 402 g/mol. The van der Waals surface area contributed by atoms with Crippen molar-refractivity contribution in [2.24, 2.45) is 0 Å². The van der Waals surface area contributed by atoms with Crippen LogP contribution in [0.4, 0.5) is 0 Å². The second-order valence-corrected chi connectivity index (χ2v) is 8.56. The van der Waals surface area contributed by atoms with Gasteiger partial charge in [0, 0.05) is 29.5 Å². The normalized spacial score (nSPS) is 33.9. The fraction of sp³-hybridized carbons (Fsp3) is 0.667. The zero-order valence-electron chi connectivity index (χ0n) is 19.7. The van der Waals surface area contributed by atoms with E-state index in [-0.39, 0.29) is 12.6 Å². The van der Waals surface area contributed by atoms with Crippen LogP contribution in [0.15, 0.2) is 6.33 Å². The van der Waals surface area contributed by atoms with Gasteiger partial charge in [0.15, 0.2) is 0 Å². The summed E-state index contributed by atoms with van der Waals surface area (Å²) in [5.74, 6) is -0.477. The first-order valence-corrected chi connectivity index (χ1v) is 10.8. The number of ether oxygens (including phenoxy) is 2. The van der Waals surface area contributed by atoms with E-state index >= 15 is 0 Å². The molecule has 0 radical (unpaired) electrons. The molecule has 3 aliphatic rings. The Labute approximate surface area is 175 Å². The molecule has 0 N–H and O–H groups in total. The minimum atomic E-state index is -2.18. The van der Waals surface area contributed by atoms with Crippen LogP contribution in [0.3, 0.4) is 0 Å². The molecule has 6 nitrogen and oxygen atoms in total. The minimum Gasteiger partial charge on any atom is -0.474 e. The van der Waals surface area contributed by atoms with Crippen LogP contribution in [0.1, 0.15) is 53.9 Å². The lowest BCUT2D eigenvalue weighted by molar-refractivity contribution is -0.00126. The van der Waals surface area contributed by atoms with Gasteiger partial charge in [0.1, 0.15) is 17.3 Å². The number of morpholine rings is 1. The van der Waals surface area contributed by atoms with E-state index in [4.69, 9.17) is 21.5 Å². The Kier molecular flexibility index (Phi) is 4.04. The van der Waals surface area contributed by atoms with Crippen molar-refractivity contribution in [3.63, 3.8) is 0 Å². The summed E-state index contributed by atoms with van der Waals surface area (Å²) in [5.41, 5.74) is 0.522. The summed E-state index contributed by atoms with van der Waals surface area (Å²) >= 11 is 1.15. The molecule has 2 fully saturated rings. The Morgan fingerprint density at radius 1 is 1.29 bits per heavy atom. The number of hydrogen-bond acceptors (Lipinski definition) is 6. The molecule has 1 saturated carbocycles. The van der Waals surface area contributed by atoms with Gasteiger partial charge >= 0.3 is 0 Å². The Bertz CT molecular complexity index is 1040. The third-order valence-corrected chi connectivity index (χ3v) is 6.99. The van der Waals surface area contributed by atoms with Crippen molar-refractivity contribution in [2.45, 2.75) is 56.5 Å². The minimum absolute atomic E-state index is 0.00942. The van der Waals surface area contributed by atoms with Crippen LogP contribution in [0.2, 0.25) is 0 Å². The second kappa shape index (κ2) is 7.94. The number of nitrogens with zero attached hydrogens (tertiary/aromatic N) is 4. The maximum atomic E-state index is 8.45. The first-order chi connectivity index (χ1) is 15.3. The van der Waals surface area contributed by atoms with Crippen molar-refractivity contribution < 1.29 is 15.0 Å². The number of hydrogen-bond donors (Lipinski definition) is 0. The molecule has 2 aliphatic carbocycles. The van der Waals surface area contributed by atoms with E-state index in [9.17, 15) is 0 Å². The average molecular weight is 403 g/mol. The lowest BCUT2D eigenvalue weighted by atomic mass is 9.91. The molecule has 2 aromatic rings. The van der Waals surface area contributed by atoms with Gasteiger partial charge in [-0.05, 0) is 44.0 Å². The molecule has 2 aromatic heterocycles. The first kappa shape index (κ1) is 14.3. The molecular weight excluding hydrogens is 372 g/mol. The highest BCUT2D eigenvalue weighted by Crippen LogP contribution is 2.46. The van der Waals surface area contributed by atoms with Crippen molar-refractivity contribution in [3.05, 3.63) is 28.2 Å². The summed E-state index contributed by atoms with van der Waals surface area (Å²) < 4.78 is 45.6. The summed E-state index contributed by atoms with van der Waals surface area (Å²) in [6.45, 7) is 10.7. The summed E-state index contributed by atoms with van der Waals surface area (Å²) in [7, 11) is 0. The van der Waals surface area contributed by atoms with Gasteiger partial charge in [0.25, 0.3) is 0 Å². The average Bonchev–Trinajstić information content (AvgIpc) is 3.24. The zero-order chi connectivity index (χ0) is 22.5. The number of aromatic nitrogens is 2. The molecule has 0 unspecified atom stereocenters. The van der Waals surface area contributed by atoms with Gasteiger partial charge in [0.2, 0.25) is 12.4 Å². The highest BCUT2D eigenvalue weighted by Gasteiger charge is 2.33. The summed E-state index contributed by atoms with van der Waals surface area (Å²) in [6, 6.07) is 0.553. The van der Waals surface area contributed by atoms with Crippen LogP contribution in [0.25, 0.3) is 15.1 Å². The topological polar surface area (TPSA) is 51.8 Å². The maximum absolute atomic E-state index is 8.45. The van der Waals surface area contributed by atoms with Gasteiger partial charge in [0.05, 0.1) is 24.5 Å². The van der Waals surface area contributed by atoms with E-state index < -0.39 is 18.7 Å². The number of thiophene rings is 1. The fourth-order valence-corrected chi connectivity index (χ4v) is 5.58. The van der Waals surface area contributed by atoms with Crippen LogP contribution in [0, 0.1) is 6.57 Å². The van der Waals surface area contributed by atoms with Crippen LogP contribution >= 0.6 is 11.3 Å². The quantitative estimate of drug-likeness (QED) is 0.731. The Morgan fingerprint density at radius 3 is 2.89 bits per heavy atom.